The molecule has 0 bridgehead atoms. The quantitative estimate of drug-likeness (QED) is 0.872. The number of amides is 1. The molecule has 0 aliphatic rings. The summed E-state index contributed by atoms with van der Waals surface area (Å²) in [4.78, 5) is 15.9. The molecule has 2 rings (SSSR count). The molecule has 7 heteroatoms. The van der Waals surface area contributed by atoms with Gasteiger partial charge in [-0.05, 0) is 36.2 Å². The molecule has 0 aliphatic heterocycles. The van der Waals surface area contributed by atoms with Crippen molar-refractivity contribution in [2.45, 2.75) is 24.3 Å². The lowest BCUT2D eigenvalue weighted by Gasteiger charge is -2.18. The number of phenolic OH excluding ortho intramolecular Hbond substituents is 1. The second kappa shape index (κ2) is 6.78. The molecule has 6 nitrogen and oxygen atoms in total. The molecule has 122 valence electrons. The Balaban J connectivity index is 2.30. The van der Waals surface area contributed by atoms with E-state index in [-0.39, 0.29) is 22.6 Å². The number of aromatic nitrogens is 1. The van der Waals surface area contributed by atoms with E-state index in [4.69, 9.17) is 0 Å². The van der Waals surface area contributed by atoms with Gasteiger partial charge in [0.15, 0.2) is 9.84 Å². The van der Waals surface area contributed by atoms with Gasteiger partial charge in [0.05, 0.1) is 6.04 Å². The van der Waals surface area contributed by atoms with E-state index in [1.807, 2.05) is 6.92 Å². The Morgan fingerprint density at radius 3 is 2.48 bits per heavy atom. The lowest BCUT2D eigenvalue weighted by atomic mass is 10.0. The smallest absolute Gasteiger partial charge is 0.251 e. The van der Waals surface area contributed by atoms with E-state index < -0.39 is 9.84 Å². The summed E-state index contributed by atoms with van der Waals surface area (Å²) in [5.41, 5.74) is 1.09. The van der Waals surface area contributed by atoms with Gasteiger partial charge in [-0.15, -0.1) is 0 Å². The van der Waals surface area contributed by atoms with Crippen LogP contribution in [0.2, 0.25) is 0 Å². The first-order chi connectivity index (χ1) is 10.8. The van der Waals surface area contributed by atoms with Crippen LogP contribution in [0.4, 0.5) is 0 Å². The summed E-state index contributed by atoms with van der Waals surface area (Å²) in [6.45, 7) is 1.88. The minimum Gasteiger partial charge on any atom is -0.507 e. The number of benzene rings is 1. The molecular formula is C16H18N2O4S. The van der Waals surface area contributed by atoms with Gasteiger partial charge in [-0.3, -0.25) is 9.78 Å². The summed E-state index contributed by atoms with van der Waals surface area (Å²) in [7, 11) is -3.55. The van der Waals surface area contributed by atoms with Crippen molar-refractivity contribution in [2.75, 3.05) is 6.26 Å². The van der Waals surface area contributed by atoms with Crippen molar-refractivity contribution in [1.82, 2.24) is 10.3 Å². The standard InChI is InChI=1S/C16H18N2O4S/c1-3-13(18-16(20)11-6-8-17-9-7-11)12-4-5-14(19)15(10-12)23(2,21)22/h4-10,13,19H,3H2,1-2H3,(H,18,20)/t13-/m0/s1. The van der Waals surface area contributed by atoms with Crippen LogP contribution in [0, 0.1) is 0 Å². The van der Waals surface area contributed by atoms with E-state index >= 15 is 0 Å². The predicted octanol–water partition coefficient (Wildman–Crippen LogP) is 2.07. The highest BCUT2D eigenvalue weighted by molar-refractivity contribution is 7.90. The fourth-order valence-electron chi connectivity index (χ4n) is 2.21. The van der Waals surface area contributed by atoms with Crippen LogP contribution in [0.25, 0.3) is 0 Å². The Hall–Kier alpha value is -2.41. The molecule has 0 radical (unpaired) electrons. The Morgan fingerprint density at radius 2 is 1.91 bits per heavy atom. The molecule has 1 heterocycles. The minimum absolute atomic E-state index is 0.147. The Bertz CT molecular complexity index is 804. The topological polar surface area (TPSA) is 96.4 Å². The first kappa shape index (κ1) is 17.0. The molecular weight excluding hydrogens is 316 g/mol. The van der Waals surface area contributed by atoms with Crippen LogP contribution in [0.1, 0.15) is 35.3 Å². The largest absolute Gasteiger partial charge is 0.507 e. The highest BCUT2D eigenvalue weighted by Gasteiger charge is 2.19. The van der Waals surface area contributed by atoms with Gasteiger partial charge in [0.2, 0.25) is 0 Å². The van der Waals surface area contributed by atoms with Crippen LogP contribution < -0.4 is 5.32 Å². The summed E-state index contributed by atoms with van der Waals surface area (Å²) in [6.07, 6.45) is 4.66. The lowest BCUT2D eigenvalue weighted by Crippen LogP contribution is -2.28. The van der Waals surface area contributed by atoms with E-state index in [0.717, 1.165) is 6.26 Å². The fourth-order valence-corrected chi connectivity index (χ4v) is 3.01. The maximum absolute atomic E-state index is 12.2. The fraction of sp³-hybridized carbons (Fsp3) is 0.250. The van der Waals surface area contributed by atoms with Crippen molar-refractivity contribution in [3.63, 3.8) is 0 Å². The zero-order valence-corrected chi connectivity index (χ0v) is 13.7. The molecule has 23 heavy (non-hydrogen) atoms. The van der Waals surface area contributed by atoms with E-state index in [9.17, 15) is 18.3 Å². The van der Waals surface area contributed by atoms with Crippen LogP contribution in [0.15, 0.2) is 47.6 Å². The summed E-state index contributed by atoms with van der Waals surface area (Å²) in [5.74, 6) is -0.570. The van der Waals surface area contributed by atoms with Gasteiger partial charge >= 0.3 is 0 Å². The number of nitrogens with one attached hydrogen (secondary N) is 1. The van der Waals surface area contributed by atoms with Crippen LogP contribution in [-0.2, 0) is 9.84 Å². The van der Waals surface area contributed by atoms with Crippen molar-refractivity contribution in [3.8, 4) is 5.75 Å². The molecule has 2 aromatic rings. The van der Waals surface area contributed by atoms with Gasteiger partial charge < -0.3 is 10.4 Å². The SMILES string of the molecule is CC[C@H](NC(=O)c1ccncc1)c1ccc(O)c(S(C)(=O)=O)c1. The number of rotatable bonds is 5. The molecule has 0 fully saturated rings. The highest BCUT2D eigenvalue weighted by Crippen LogP contribution is 2.27. The van der Waals surface area contributed by atoms with Crippen molar-refractivity contribution < 1.29 is 18.3 Å². The highest BCUT2D eigenvalue weighted by atomic mass is 32.2. The monoisotopic (exact) mass is 334 g/mol. The van der Waals surface area contributed by atoms with Gasteiger partial charge in [-0.25, -0.2) is 8.42 Å². The molecule has 2 N–H and O–H groups in total. The number of hydrogen-bond donors (Lipinski definition) is 2. The van der Waals surface area contributed by atoms with Crippen molar-refractivity contribution >= 4 is 15.7 Å². The van der Waals surface area contributed by atoms with E-state index in [1.54, 1.807) is 18.2 Å². The third-order valence-corrected chi connectivity index (χ3v) is 4.57. The summed E-state index contributed by atoms with van der Waals surface area (Å²) < 4.78 is 23.4. The van der Waals surface area contributed by atoms with Crippen LogP contribution in [0.5, 0.6) is 5.75 Å². The molecule has 1 aromatic carbocycles. The summed E-state index contributed by atoms with van der Waals surface area (Å²) >= 11 is 0. The second-order valence-corrected chi connectivity index (χ2v) is 7.15. The Labute approximate surface area is 135 Å². The van der Waals surface area contributed by atoms with Gasteiger partial charge in [-0.1, -0.05) is 13.0 Å². The molecule has 1 amide bonds. The summed E-state index contributed by atoms with van der Waals surface area (Å²) in [6, 6.07) is 7.15. The van der Waals surface area contributed by atoms with Crippen LogP contribution in [-0.4, -0.2) is 30.7 Å². The Kier molecular flexibility index (Phi) is 5.00. The number of phenols is 1. The molecule has 1 aromatic heterocycles. The first-order valence-corrected chi connectivity index (χ1v) is 8.96. The average Bonchev–Trinajstić information content (AvgIpc) is 2.53. The van der Waals surface area contributed by atoms with Crippen LogP contribution in [0.3, 0.4) is 0 Å². The number of nitrogens with zero attached hydrogens (tertiary/aromatic N) is 1. The summed E-state index contributed by atoms with van der Waals surface area (Å²) in [5, 5.41) is 12.6. The number of carbonyl (C=O) groups is 1. The molecule has 1 atom stereocenters. The zero-order valence-electron chi connectivity index (χ0n) is 12.9. The zero-order chi connectivity index (χ0) is 17.0. The van der Waals surface area contributed by atoms with E-state index in [0.29, 0.717) is 17.5 Å². The van der Waals surface area contributed by atoms with E-state index in [2.05, 4.69) is 10.3 Å². The third-order valence-electron chi connectivity index (χ3n) is 3.44. The number of carbonyl (C=O) groups excluding carboxylic acids is 1. The number of hydrogen-bond acceptors (Lipinski definition) is 5. The molecule has 0 unspecified atom stereocenters. The normalized spacial score (nSPS) is 12.6. The Morgan fingerprint density at radius 1 is 1.26 bits per heavy atom. The molecule has 0 aliphatic carbocycles. The maximum atomic E-state index is 12.2. The number of aromatic hydroxyl groups is 1. The van der Waals surface area contributed by atoms with Gasteiger partial charge in [0.1, 0.15) is 10.6 Å². The molecule has 0 spiro atoms. The van der Waals surface area contributed by atoms with Crippen molar-refractivity contribution in [1.29, 1.82) is 0 Å². The van der Waals surface area contributed by atoms with Crippen LogP contribution >= 0.6 is 0 Å². The van der Waals surface area contributed by atoms with Crippen molar-refractivity contribution in [2.24, 2.45) is 0 Å². The average molecular weight is 334 g/mol. The minimum atomic E-state index is -3.55. The third kappa shape index (κ3) is 4.07. The van der Waals surface area contributed by atoms with Gasteiger partial charge in [0.25, 0.3) is 5.91 Å². The second-order valence-electron chi connectivity index (χ2n) is 5.17. The van der Waals surface area contributed by atoms with Crippen molar-refractivity contribution in [3.05, 3.63) is 53.9 Å². The maximum Gasteiger partial charge on any atom is 0.251 e. The number of pyridine rings is 1. The van der Waals surface area contributed by atoms with E-state index in [1.165, 1.54) is 24.5 Å². The predicted molar refractivity (Wildman–Crippen MR) is 86.0 cm³/mol. The molecule has 0 saturated heterocycles. The lowest BCUT2D eigenvalue weighted by molar-refractivity contribution is 0.0935. The van der Waals surface area contributed by atoms with Gasteiger partial charge in [-0.2, -0.15) is 0 Å². The molecule has 0 saturated carbocycles. The first-order valence-electron chi connectivity index (χ1n) is 7.06. The van der Waals surface area contributed by atoms with Gasteiger partial charge in [0, 0.05) is 24.2 Å². The number of sulfone groups is 1.